The largest absolute Gasteiger partial charge is 0.450 e. The topological polar surface area (TPSA) is 157 Å². The van der Waals surface area contributed by atoms with E-state index in [1.807, 2.05) is 6.26 Å². The molecule has 0 fully saturated rings. The molecule has 3 amide bonds. The number of aromatic nitrogens is 2. The van der Waals surface area contributed by atoms with Crippen molar-refractivity contribution in [3.8, 4) is 11.8 Å². The van der Waals surface area contributed by atoms with Gasteiger partial charge in [-0.05, 0) is 49.6 Å². The second kappa shape index (κ2) is 16.1. The van der Waals surface area contributed by atoms with Crippen molar-refractivity contribution in [2.24, 2.45) is 5.73 Å². The number of amides is 3. The molecule has 1 aromatic heterocycles. The molecule has 1 heterocycles. The lowest BCUT2D eigenvalue weighted by Gasteiger charge is -2.18. The minimum absolute atomic E-state index is 0.0945. The Morgan fingerprint density at radius 1 is 1.14 bits per heavy atom. The highest BCUT2D eigenvalue weighted by Gasteiger charge is 2.20. The summed E-state index contributed by atoms with van der Waals surface area (Å²) in [7, 11) is 0. The molecule has 0 saturated carbocycles. The molecule has 11 heteroatoms. The van der Waals surface area contributed by atoms with Gasteiger partial charge in [-0.25, -0.2) is 14.8 Å². The number of hydrogen-bond donors (Lipinski definition) is 4. The normalized spacial score (nSPS) is 11.1. The van der Waals surface area contributed by atoms with Crippen molar-refractivity contribution < 1.29 is 24.2 Å². The van der Waals surface area contributed by atoms with Gasteiger partial charge in [0.25, 0.3) is 0 Å². The lowest BCUT2D eigenvalue weighted by Crippen LogP contribution is -2.43. The number of nitrogens with zero attached hydrogens (tertiary/aromatic N) is 2. The number of unbranched alkanes of at least 4 members (excludes halogenated alkanes) is 2. The average Bonchev–Trinajstić information content (AvgIpc) is 2.88. The molecule has 192 valence electrons. The van der Waals surface area contributed by atoms with E-state index in [1.165, 1.54) is 11.8 Å². The number of thioether (sulfide) groups is 1. The first-order valence-corrected chi connectivity index (χ1v) is 12.7. The number of primary amides is 1. The fraction of sp³-hybridized carbons (Fsp3) is 0.400. The van der Waals surface area contributed by atoms with Crippen LogP contribution in [0.25, 0.3) is 0 Å². The van der Waals surface area contributed by atoms with Gasteiger partial charge in [0, 0.05) is 30.9 Å². The molecule has 0 radical (unpaired) electrons. The SMILES string of the molecule is CSc1ncc(C#CCCCC(=O)NC(CCCCOC(N)=O)C(=O)Nc2ccc(CO)cc2)cn1. The van der Waals surface area contributed by atoms with E-state index in [4.69, 9.17) is 15.6 Å². The van der Waals surface area contributed by atoms with Gasteiger partial charge in [0.05, 0.1) is 18.8 Å². The van der Waals surface area contributed by atoms with Crippen LogP contribution in [0.4, 0.5) is 10.5 Å². The van der Waals surface area contributed by atoms with Crippen LogP contribution in [0, 0.1) is 11.8 Å². The molecule has 2 aromatic rings. The highest BCUT2D eigenvalue weighted by Crippen LogP contribution is 2.12. The molecule has 36 heavy (non-hydrogen) atoms. The van der Waals surface area contributed by atoms with E-state index in [2.05, 4.69) is 32.4 Å². The third-order valence-electron chi connectivity index (χ3n) is 4.94. The van der Waals surface area contributed by atoms with Gasteiger partial charge < -0.3 is 26.2 Å². The molecule has 0 aliphatic rings. The predicted molar refractivity (Wildman–Crippen MR) is 137 cm³/mol. The maximum atomic E-state index is 12.8. The third-order valence-corrected chi connectivity index (χ3v) is 5.51. The fourth-order valence-corrected chi connectivity index (χ4v) is 3.39. The summed E-state index contributed by atoms with van der Waals surface area (Å²) in [6.07, 6.45) is 7.04. The number of carbonyl (C=O) groups excluding carboxylic acids is 3. The summed E-state index contributed by atoms with van der Waals surface area (Å²) in [6, 6.07) is 6.01. The van der Waals surface area contributed by atoms with Gasteiger partial charge in [0.2, 0.25) is 11.8 Å². The van der Waals surface area contributed by atoms with E-state index in [1.54, 1.807) is 36.7 Å². The van der Waals surface area contributed by atoms with Gasteiger partial charge in [-0.15, -0.1) is 0 Å². The molecule has 1 aromatic carbocycles. The van der Waals surface area contributed by atoms with Crippen molar-refractivity contribution >= 4 is 35.4 Å². The lowest BCUT2D eigenvalue weighted by molar-refractivity contribution is -0.126. The summed E-state index contributed by atoms with van der Waals surface area (Å²) in [4.78, 5) is 44.4. The van der Waals surface area contributed by atoms with Crippen LogP contribution in [0.2, 0.25) is 0 Å². The van der Waals surface area contributed by atoms with Crippen LogP contribution in [0.15, 0.2) is 41.8 Å². The molecular formula is C25H31N5O5S. The lowest BCUT2D eigenvalue weighted by atomic mass is 10.1. The molecule has 0 bridgehead atoms. The number of benzene rings is 1. The van der Waals surface area contributed by atoms with Crippen LogP contribution in [-0.2, 0) is 20.9 Å². The average molecular weight is 514 g/mol. The smallest absolute Gasteiger partial charge is 0.404 e. The Morgan fingerprint density at radius 3 is 2.50 bits per heavy atom. The summed E-state index contributed by atoms with van der Waals surface area (Å²) in [6.45, 7) is 0.0483. The standard InChI is InChI=1S/C25H31N5O5S/c1-36-25-27-15-19(16-28-25)7-3-2-4-9-22(32)30-21(8-5-6-14-35-24(26)34)23(33)29-20-12-10-18(17-31)11-13-20/h10-13,15-16,21,31H,2,4-6,8-9,14,17H2,1H3,(H2,26,34)(H,29,33)(H,30,32). The summed E-state index contributed by atoms with van der Waals surface area (Å²) in [5.74, 6) is 5.36. The number of hydrogen-bond acceptors (Lipinski definition) is 8. The Balaban J connectivity index is 1.86. The van der Waals surface area contributed by atoms with Crippen LogP contribution < -0.4 is 16.4 Å². The highest BCUT2D eigenvalue weighted by molar-refractivity contribution is 7.98. The molecule has 0 saturated heterocycles. The van der Waals surface area contributed by atoms with Crippen LogP contribution >= 0.6 is 11.8 Å². The predicted octanol–water partition coefficient (Wildman–Crippen LogP) is 2.60. The first-order valence-electron chi connectivity index (χ1n) is 11.5. The van der Waals surface area contributed by atoms with Crippen LogP contribution in [0.1, 0.15) is 49.7 Å². The first-order chi connectivity index (χ1) is 17.4. The van der Waals surface area contributed by atoms with Crippen LogP contribution in [0.3, 0.4) is 0 Å². The van der Waals surface area contributed by atoms with Gasteiger partial charge in [-0.2, -0.15) is 0 Å². The van der Waals surface area contributed by atoms with Crippen molar-refractivity contribution in [3.05, 3.63) is 47.8 Å². The van der Waals surface area contributed by atoms with E-state index in [-0.39, 0.29) is 31.4 Å². The Bertz CT molecular complexity index is 1050. The van der Waals surface area contributed by atoms with E-state index >= 15 is 0 Å². The van der Waals surface area contributed by atoms with Crippen molar-refractivity contribution in [1.29, 1.82) is 0 Å². The maximum absolute atomic E-state index is 12.8. The van der Waals surface area contributed by atoms with E-state index < -0.39 is 12.1 Å². The van der Waals surface area contributed by atoms with Gasteiger partial charge in [0.1, 0.15) is 6.04 Å². The van der Waals surface area contributed by atoms with Gasteiger partial charge in [0.15, 0.2) is 5.16 Å². The number of ether oxygens (including phenoxy) is 1. The summed E-state index contributed by atoms with van der Waals surface area (Å²) in [5, 5.41) is 15.4. The van der Waals surface area contributed by atoms with E-state index in [0.29, 0.717) is 48.5 Å². The summed E-state index contributed by atoms with van der Waals surface area (Å²) < 4.78 is 4.71. The zero-order chi connectivity index (χ0) is 26.2. The van der Waals surface area contributed by atoms with Crippen molar-refractivity contribution in [3.63, 3.8) is 0 Å². The number of anilines is 1. The van der Waals surface area contributed by atoms with E-state index in [0.717, 1.165) is 5.56 Å². The minimum atomic E-state index is -0.850. The Kier molecular flexibility index (Phi) is 12.8. The first kappa shape index (κ1) is 28.6. The number of carbonyl (C=O) groups is 3. The highest BCUT2D eigenvalue weighted by atomic mass is 32.2. The molecule has 5 N–H and O–H groups in total. The molecule has 10 nitrogen and oxygen atoms in total. The number of aliphatic hydroxyl groups is 1. The summed E-state index contributed by atoms with van der Waals surface area (Å²) in [5.41, 5.74) is 6.94. The molecule has 0 aliphatic carbocycles. The van der Waals surface area contributed by atoms with Crippen LogP contribution in [-0.4, -0.2) is 51.9 Å². The van der Waals surface area contributed by atoms with Gasteiger partial charge >= 0.3 is 6.09 Å². The third kappa shape index (κ3) is 11.2. The Labute approximate surface area is 214 Å². The second-order valence-corrected chi connectivity index (χ2v) is 8.51. The van der Waals surface area contributed by atoms with Gasteiger partial charge in [-0.3, -0.25) is 9.59 Å². The summed E-state index contributed by atoms with van der Waals surface area (Å²) >= 11 is 1.45. The number of nitrogens with two attached hydrogens (primary N) is 1. The monoisotopic (exact) mass is 513 g/mol. The number of aliphatic hydroxyl groups excluding tert-OH is 1. The number of rotatable bonds is 13. The maximum Gasteiger partial charge on any atom is 0.404 e. The molecule has 0 aliphatic heterocycles. The Hall–Kier alpha value is -3.62. The molecular weight excluding hydrogens is 482 g/mol. The van der Waals surface area contributed by atoms with Crippen molar-refractivity contribution in [2.45, 2.75) is 56.3 Å². The van der Waals surface area contributed by atoms with Crippen molar-refractivity contribution in [1.82, 2.24) is 15.3 Å². The minimum Gasteiger partial charge on any atom is -0.450 e. The van der Waals surface area contributed by atoms with Gasteiger partial charge in [-0.1, -0.05) is 35.7 Å². The second-order valence-electron chi connectivity index (χ2n) is 7.74. The number of nitrogens with one attached hydrogen (secondary N) is 2. The van der Waals surface area contributed by atoms with Crippen molar-refractivity contribution in [2.75, 3.05) is 18.2 Å². The fourth-order valence-electron chi connectivity index (χ4n) is 3.07. The quantitative estimate of drug-likeness (QED) is 0.138. The molecule has 1 unspecified atom stereocenters. The molecule has 1 atom stereocenters. The molecule has 0 spiro atoms. The zero-order valence-corrected chi connectivity index (χ0v) is 21.0. The Morgan fingerprint density at radius 2 is 1.86 bits per heavy atom. The molecule has 2 rings (SSSR count). The van der Waals surface area contributed by atoms with E-state index in [9.17, 15) is 14.4 Å². The zero-order valence-electron chi connectivity index (χ0n) is 20.2. The van der Waals surface area contributed by atoms with Crippen LogP contribution in [0.5, 0.6) is 0 Å².